The molecule has 0 aliphatic carbocycles. The lowest BCUT2D eigenvalue weighted by atomic mass is 9.85. The van der Waals surface area contributed by atoms with Gasteiger partial charge < -0.3 is 0 Å². The molecule has 0 bridgehead atoms. The van der Waals surface area contributed by atoms with Crippen LogP contribution in [0.15, 0.2) is 146 Å². The van der Waals surface area contributed by atoms with Gasteiger partial charge in [0.1, 0.15) is 0 Å². The monoisotopic (exact) mass is 574 g/mol. The summed E-state index contributed by atoms with van der Waals surface area (Å²) in [5.41, 5.74) is 8.23. The van der Waals surface area contributed by atoms with E-state index in [1.807, 2.05) is 0 Å². The fraction of sp³-hybridized carbons (Fsp3) is 0.0465. The summed E-state index contributed by atoms with van der Waals surface area (Å²) in [5, 5.41) is 17.7. The first-order valence-corrected chi connectivity index (χ1v) is 15.6. The quantitative estimate of drug-likeness (QED) is 0.152. The van der Waals surface area contributed by atoms with E-state index in [1.165, 1.54) is 76.1 Å². The summed E-state index contributed by atoms with van der Waals surface area (Å²) in [6.45, 7) is 4.38. The van der Waals surface area contributed by atoms with Crippen LogP contribution in [0.2, 0.25) is 0 Å². The number of nitrogens with zero attached hydrogens (tertiary/aromatic N) is 2. The molecule has 0 saturated heterocycles. The van der Waals surface area contributed by atoms with Crippen molar-refractivity contribution in [2.75, 3.05) is 0 Å². The van der Waals surface area contributed by atoms with Gasteiger partial charge in [-0.05, 0) is 85.6 Å². The molecule has 45 heavy (non-hydrogen) atoms. The minimum Gasteiger partial charge on any atom is -0.237 e. The third-order valence-electron chi connectivity index (χ3n) is 9.49. The first-order valence-electron chi connectivity index (χ1n) is 15.6. The molecule has 212 valence electrons. The van der Waals surface area contributed by atoms with Gasteiger partial charge >= 0.3 is 0 Å². The number of aryl methyl sites for hydroxylation is 1. The van der Waals surface area contributed by atoms with Crippen LogP contribution in [0.1, 0.15) is 11.4 Å². The molecular weight excluding hydrogens is 544 g/mol. The Morgan fingerprint density at radius 1 is 0.400 bits per heavy atom. The molecule has 2 nitrogen and oxygen atoms in total. The molecule has 0 spiro atoms. The van der Waals surface area contributed by atoms with Gasteiger partial charge in [-0.2, -0.15) is 5.10 Å². The summed E-state index contributed by atoms with van der Waals surface area (Å²) in [6, 6.07) is 52.9. The highest BCUT2D eigenvalue weighted by atomic mass is 15.3. The molecule has 2 heteroatoms. The van der Waals surface area contributed by atoms with Gasteiger partial charge in [-0.15, -0.1) is 0 Å². The van der Waals surface area contributed by atoms with Crippen molar-refractivity contribution in [2.45, 2.75) is 13.8 Å². The van der Waals surface area contributed by atoms with Crippen LogP contribution in [0.3, 0.4) is 0 Å². The molecule has 0 radical (unpaired) electrons. The van der Waals surface area contributed by atoms with Gasteiger partial charge in [0.2, 0.25) is 0 Å². The van der Waals surface area contributed by atoms with Crippen LogP contribution in [0.25, 0.3) is 81.8 Å². The number of hydrogen-bond donors (Lipinski definition) is 0. The predicted octanol–water partition coefficient (Wildman–Crippen LogP) is 11.6. The molecule has 9 rings (SSSR count). The first-order chi connectivity index (χ1) is 22.2. The van der Waals surface area contributed by atoms with Crippen molar-refractivity contribution < 1.29 is 0 Å². The maximum absolute atomic E-state index is 5.26. The Morgan fingerprint density at radius 2 is 0.911 bits per heavy atom. The predicted molar refractivity (Wildman–Crippen MR) is 191 cm³/mol. The molecule has 0 saturated carbocycles. The number of hydrogen-bond acceptors (Lipinski definition) is 1. The fourth-order valence-electron chi connectivity index (χ4n) is 7.50. The SMILES string of the molecule is Cc1nn(-c2cc3ccccc3c3ccccc23)c(C)c1-c1c2ccccc2c(-c2ccc3ccccc3c2)c2ccccc12. The molecule has 0 unspecified atom stereocenters. The Bertz CT molecular complexity index is 2560. The highest BCUT2D eigenvalue weighted by Crippen LogP contribution is 2.46. The van der Waals surface area contributed by atoms with E-state index in [-0.39, 0.29) is 0 Å². The van der Waals surface area contributed by atoms with Crippen molar-refractivity contribution in [1.82, 2.24) is 9.78 Å². The van der Waals surface area contributed by atoms with Crippen molar-refractivity contribution in [3.63, 3.8) is 0 Å². The van der Waals surface area contributed by atoms with Gasteiger partial charge in [-0.3, -0.25) is 0 Å². The van der Waals surface area contributed by atoms with Gasteiger partial charge in [0.25, 0.3) is 0 Å². The van der Waals surface area contributed by atoms with Crippen LogP contribution in [-0.4, -0.2) is 9.78 Å². The van der Waals surface area contributed by atoms with Crippen molar-refractivity contribution in [3.8, 4) is 27.9 Å². The van der Waals surface area contributed by atoms with E-state index in [4.69, 9.17) is 5.10 Å². The van der Waals surface area contributed by atoms with Gasteiger partial charge in [0, 0.05) is 22.2 Å². The summed E-state index contributed by atoms with van der Waals surface area (Å²) in [6.07, 6.45) is 0. The van der Waals surface area contributed by atoms with Crippen LogP contribution in [0, 0.1) is 13.8 Å². The molecule has 9 aromatic rings. The van der Waals surface area contributed by atoms with E-state index in [1.54, 1.807) is 0 Å². The summed E-state index contributed by atoms with van der Waals surface area (Å²) in [5.74, 6) is 0. The highest BCUT2D eigenvalue weighted by molar-refractivity contribution is 6.22. The smallest absolute Gasteiger partial charge is 0.0733 e. The van der Waals surface area contributed by atoms with E-state index in [2.05, 4.69) is 164 Å². The van der Waals surface area contributed by atoms with E-state index < -0.39 is 0 Å². The van der Waals surface area contributed by atoms with Crippen molar-refractivity contribution in [1.29, 1.82) is 0 Å². The zero-order valence-electron chi connectivity index (χ0n) is 25.3. The number of aromatic nitrogens is 2. The molecule has 0 amide bonds. The van der Waals surface area contributed by atoms with Crippen LogP contribution in [0.4, 0.5) is 0 Å². The van der Waals surface area contributed by atoms with Gasteiger partial charge in [-0.25, -0.2) is 4.68 Å². The molecule has 0 aliphatic rings. The van der Waals surface area contributed by atoms with Crippen LogP contribution < -0.4 is 0 Å². The lowest BCUT2D eigenvalue weighted by Gasteiger charge is -2.18. The zero-order valence-corrected chi connectivity index (χ0v) is 25.3. The van der Waals surface area contributed by atoms with Crippen molar-refractivity contribution in [2.24, 2.45) is 0 Å². The summed E-state index contributed by atoms with van der Waals surface area (Å²) in [7, 11) is 0. The normalized spacial score (nSPS) is 11.8. The molecule has 8 aromatic carbocycles. The zero-order chi connectivity index (χ0) is 30.1. The Morgan fingerprint density at radius 3 is 1.58 bits per heavy atom. The van der Waals surface area contributed by atoms with Crippen LogP contribution >= 0.6 is 0 Å². The van der Waals surface area contributed by atoms with E-state index >= 15 is 0 Å². The minimum absolute atomic E-state index is 1.03. The summed E-state index contributed by atoms with van der Waals surface area (Å²) < 4.78 is 2.17. The third kappa shape index (κ3) is 3.86. The van der Waals surface area contributed by atoms with Crippen molar-refractivity contribution in [3.05, 3.63) is 157 Å². The Hall–Kier alpha value is -5.73. The van der Waals surface area contributed by atoms with E-state index in [0.29, 0.717) is 0 Å². The Kier molecular flexibility index (Phi) is 5.66. The second kappa shape index (κ2) is 9.90. The van der Waals surface area contributed by atoms with Gasteiger partial charge in [-0.1, -0.05) is 133 Å². The molecule has 0 atom stereocenters. The lowest BCUT2D eigenvalue weighted by molar-refractivity contribution is 0.841. The third-order valence-corrected chi connectivity index (χ3v) is 9.49. The Labute approximate surface area is 261 Å². The van der Waals surface area contributed by atoms with Gasteiger partial charge in [0.15, 0.2) is 0 Å². The minimum atomic E-state index is 1.03. The average molecular weight is 575 g/mol. The Balaban J connectivity index is 1.36. The lowest BCUT2D eigenvalue weighted by Crippen LogP contribution is -2.01. The number of fused-ring (bicyclic) bond motifs is 6. The molecular formula is C43H30N2. The molecule has 0 N–H and O–H groups in total. The average Bonchev–Trinajstić information content (AvgIpc) is 3.39. The van der Waals surface area contributed by atoms with Crippen LogP contribution in [0.5, 0.6) is 0 Å². The maximum atomic E-state index is 5.26. The molecule has 1 heterocycles. The number of benzene rings is 8. The molecule has 0 fully saturated rings. The molecule has 1 aromatic heterocycles. The largest absolute Gasteiger partial charge is 0.237 e. The summed E-state index contributed by atoms with van der Waals surface area (Å²) >= 11 is 0. The second-order valence-electron chi connectivity index (χ2n) is 12.0. The maximum Gasteiger partial charge on any atom is 0.0733 e. The number of rotatable bonds is 3. The van der Waals surface area contributed by atoms with E-state index in [0.717, 1.165) is 17.1 Å². The standard InChI is InChI=1S/C43H30N2/c1-27-41(28(2)45(44-27)40-26-31-15-5-6-16-33(31)34-17-7-8-18-35(34)40)43-38-21-11-9-19-36(38)42(37-20-10-12-22-39(37)43)32-24-23-29-13-3-4-14-30(29)25-32/h3-26H,1-2H3. The second-order valence-corrected chi connectivity index (χ2v) is 12.0. The van der Waals surface area contributed by atoms with Gasteiger partial charge in [0.05, 0.1) is 11.4 Å². The fourth-order valence-corrected chi connectivity index (χ4v) is 7.50. The summed E-state index contributed by atoms with van der Waals surface area (Å²) in [4.78, 5) is 0. The van der Waals surface area contributed by atoms with Crippen LogP contribution in [-0.2, 0) is 0 Å². The first kappa shape index (κ1) is 25.7. The molecule has 0 aliphatic heterocycles. The topological polar surface area (TPSA) is 17.8 Å². The highest BCUT2D eigenvalue weighted by Gasteiger charge is 2.23. The van der Waals surface area contributed by atoms with Crippen molar-refractivity contribution >= 4 is 53.9 Å². The van der Waals surface area contributed by atoms with E-state index in [9.17, 15) is 0 Å².